The van der Waals surface area contributed by atoms with Crippen LogP contribution in [0.4, 0.5) is 0 Å². The van der Waals surface area contributed by atoms with Gasteiger partial charge in [-0.2, -0.15) is 0 Å². The van der Waals surface area contributed by atoms with Gasteiger partial charge in [0.25, 0.3) is 5.91 Å². The zero-order chi connectivity index (χ0) is 18.0. The lowest BCUT2D eigenvalue weighted by molar-refractivity contribution is 0.0954. The standard InChI is InChI=1S/C15H25N5O3S.HI/c1-12(6-10-24(3,22)23)20-15(16-2)19-9-8-18-14(21)13-5-4-7-17-11-13;/h4-5,7,11-12H,6,8-10H2,1-3H3,(H,18,21)(H2,16,19,20);1H. The number of hydrogen-bond acceptors (Lipinski definition) is 5. The van der Waals surface area contributed by atoms with E-state index in [1.165, 1.54) is 12.5 Å². The van der Waals surface area contributed by atoms with E-state index in [2.05, 4.69) is 25.9 Å². The van der Waals surface area contributed by atoms with Crippen molar-refractivity contribution in [2.24, 2.45) is 4.99 Å². The van der Waals surface area contributed by atoms with Gasteiger partial charge in [-0.15, -0.1) is 24.0 Å². The highest BCUT2D eigenvalue weighted by Gasteiger charge is 2.09. The van der Waals surface area contributed by atoms with E-state index in [1.807, 2.05) is 6.92 Å². The van der Waals surface area contributed by atoms with E-state index in [0.717, 1.165) is 0 Å². The van der Waals surface area contributed by atoms with Gasteiger partial charge in [0, 0.05) is 44.8 Å². The summed E-state index contributed by atoms with van der Waals surface area (Å²) in [4.78, 5) is 19.8. The predicted octanol–water partition coefficient (Wildman–Crippen LogP) is 0.418. The minimum Gasteiger partial charge on any atom is -0.355 e. The number of sulfone groups is 1. The van der Waals surface area contributed by atoms with Gasteiger partial charge in [0.1, 0.15) is 9.84 Å². The zero-order valence-electron chi connectivity index (χ0n) is 14.7. The van der Waals surface area contributed by atoms with Crippen molar-refractivity contribution in [1.82, 2.24) is 20.9 Å². The molecule has 0 aromatic carbocycles. The molecule has 1 atom stereocenters. The Balaban J connectivity index is 0.00000576. The van der Waals surface area contributed by atoms with E-state index in [9.17, 15) is 13.2 Å². The highest BCUT2D eigenvalue weighted by molar-refractivity contribution is 14.0. The third-order valence-corrected chi connectivity index (χ3v) is 4.13. The molecular weight excluding hydrogens is 457 g/mol. The number of pyridine rings is 1. The first-order valence-electron chi connectivity index (χ1n) is 7.65. The van der Waals surface area contributed by atoms with Gasteiger partial charge in [-0.1, -0.05) is 0 Å². The Morgan fingerprint density at radius 1 is 1.32 bits per heavy atom. The molecule has 0 aliphatic carbocycles. The zero-order valence-corrected chi connectivity index (χ0v) is 17.8. The highest BCUT2D eigenvalue weighted by atomic mass is 127. The molecule has 1 heterocycles. The fourth-order valence-corrected chi connectivity index (χ4v) is 2.63. The first-order valence-corrected chi connectivity index (χ1v) is 9.71. The number of guanidine groups is 1. The van der Waals surface area contributed by atoms with Crippen LogP contribution >= 0.6 is 24.0 Å². The highest BCUT2D eigenvalue weighted by Crippen LogP contribution is 1.96. The SMILES string of the molecule is CN=C(NCCNC(=O)c1cccnc1)NC(C)CCS(C)(=O)=O.I. The smallest absolute Gasteiger partial charge is 0.252 e. The second kappa shape index (κ2) is 12.0. The van der Waals surface area contributed by atoms with Crippen molar-refractivity contribution in [2.45, 2.75) is 19.4 Å². The molecule has 0 radical (unpaired) electrons. The van der Waals surface area contributed by atoms with Gasteiger partial charge in [0.05, 0.1) is 11.3 Å². The molecule has 1 rings (SSSR count). The number of nitrogens with zero attached hydrogens (tertiary/aromatic N) is 2. The summed E-state index contributed by atoms with van der Waals surface area (Å²) in [6.07, 6.45) is 4.83. The molecule has 0 bridgehead atoms. The van der Waals surface area contributed by atoms with Gasteiger partial charge in [-0.3, -0.25) is 14.8 Å². The van der Waals surface area contributed by atoms with Crippen LogP contribution in [0.15, 0.2) is 29.5 Å². The van der Waals surface area contributed by atoms with Crippen LogP contribution < -0.4 is 16.0 Å². The van der Waals surface area contributed by atoms with Crippen molar-refractivity contribution in [1.29, 1.82) is 0 Å². The molecule has 0 saturated carbocycles. The summed E-state index contributed by atoms with van der Waals surface area (Å²) >= 11 is 0. The Morgan fingerprint density at radius 2 is 2.00 bits per heavy atom. The van der Waals surface area contributed by atoms with Crippen LogP contribution in [-0.4, -0.2) is 63.5 Å². The van der Waals surface area contributed by atoms with E-state index in [1.54, 1.807) is 25.4 Å². The van der Waals surface area contributed by atoms with Gasteiger partial charge in [0.15, 0.2) is 5.96 Å². The molecule has 8 nitrogen and oxygen atoms in total. The van der Waals surface area contributed by atoms with Crippen LogP contribution in [0.2, 0.25) is 0 Å². The molecule has 1 amide bonds. The summed E-state index contributed by atoms with van der Waals surface area (Å²) in [5.41, 5.74) is 0.509. The number of rotatable bonds is 8. The van der Waals surface area contributed by atoms with Crippen molar-refractivity contribution in [3.05, 3.63) is 30.1 Å². The molecule has 0 aliphatic heterocycles. The number of hydrogen-bond donors (Lipinski definition) is 3. The van der Waals surface area contributed by atoms with Gasteiger partial charge in [-0.25, -0.2) is 8.42 Å². The minimum absolute atomic E-state index is 0. The molecular formula is C15H26IN5O3S. The van der Waals surface area contributed by atoms with Crippen molar-refractivity contribution in [3.8, 4) is 0 Å². The number of carbonyl (C=O) groups excluding carboxylic acids is 1. The first-order chi connectivity index (χ1) is 11.3. The topological polar surface area (TPSA) is 113 Å². The molecule has 1 aromatic heterocycles. The van der Waals surface area contributed by atoms with Crippen LogP contribution in [0.3, 0.4) is 0 Å². The van der Waals surface area contributed by atoms with Crippen LogP contribution in [0.1, 0.15) is 23.7 Å². The quantitative estimate of drug-likeness (QED) is 0.214. The Kier molecular flexibility index (Phi) is 11.3. The first kappa shape index (κ1) is 23.6. The van der Waals surface area contributed by atoms with E-state index < -0.39 is 9.84 Å². The maximum atomic E-state index is 11.8. The molecule has 1 unspecified atom stereocenters. The number of halogens is 1. The molecule has 25 heavy (non-hydrogen) atoms. The Bertz CT molecular complexity index is 652. The number of carbonyl (C=O) groups is 1. The lowest BCUT2D eigenvalue weighted by Gasteiger charge is -2.17. The van der Waals surface area contributed by atoms with Crippen molar-refractivity contribution in [2.75, 3.05) is 32.1 Å². The van der Waals surface area contributed by atoms with Gasteiger partial charge in [0.2, 0.25) is 0 Å². The van der Waals surface area contributed by atoms with Crippen LogP contribution in [-0.2, 0) is 9.84 Å². The second-order valence-corrected chi connectivity index (χ2v) is 7.72. The Labute approximate surface area is 166 Å². The van der Waals surface area contributed by atoms with Crippen LogP contribution in [0, 0.1) is 0 Å². The molecule has 10 heteroatoms. The molecule has 0 saturated heterocycles. The Hall–Kier alpha value is -1.43. The van der Waals surface area contributed by atoms with Crippen molar-refractivity contribution < 1.29 is 13.2 Å². The second-order valence-electron chi connectivity index (χ2n) is 5.46. The molecule has 3 N–H and O–H groups in total. The van der Waals surface area contributed by atoms with Crippen LogP contribution in [0.5, 0.6) is 0 Å². The summed E-state index contributed by atoms with van der Waals surface area (Å²) in [7, 11) is -1.34. The van der Waals surface area contributed by atoms with Gasteiger partial charge in [-0.05, 0) is 25.5 Å². The molecule has 1 aromatic rings. The molecule has 0 fully saturated rings. The van der Waals surface area contributed by atoms with Crippen LogP contribution in [0.25, 0.3) is 0 Å². The fourth-order valence-electron chi connectivity index (χ4n) is 1.85. The fraction of sp³-hybridized carbons (Fsp3) is 0.533. The van der Waals surface area contributed by atoms with Gasteiger partial charge >= 0.3 is 0 Å². The predicted molar refractivity (Wildman–Crippen MR) is 110 cm³/mol. The average Bonchev–Trinajstić information content (AvgIpc) is 2.55. The lowest BCUT2D eigenvalue weighted by atomic mass is 10.2. The monoisotopic (exact) mass is 483 g/mol. The van der Waals surface area contributed by atoms with E-state index in [-0.39, 0.29) is 41.7 Å². The van der Waals surface area contributed by atoms with E-state index >= 15 is 0 Å². The van der Waals surface area contributed by atoms with E-state index in [0.29, 0.717) is 31.0 Å². The normalized spacial score (nSPS) is 12.7. The van der Waals surface area contributed by atoms with Gasteiger partial charge < -0.3 is 16.0 Å². The maximum Gasteiger partial charge on any atom is 0.252 e. The largest absolute Gasteiger partial charge is 0.355 e. The maximum absolute atomic E-state index is 11.8. The number of aliphatic imine (C=N–C) groups is 1. The Morgan fingerprint density at radius 3 is 2.56 bits per heavy atom. The molecule has 0 aliphatic rings. The summed E-state index contributed by atoms with van der Waals surface area (Å²) in [5.74, 6) is 0.500. The number of aromatic nitrogens is 1. The number of amides is 1. The summed E-state index contributed by atoms with van der Waals surface area (Å²) < 4.78 is 22.3. The number of nitrogens with one attached hydrogen (secondary N) is 3. The average molecular weight is 483 g/mol. The molecule has 142 valence electrons. The van der Waals surface area contributed by atoms with Crippen molar-refractivity contribution in [3.63, 3.8) is 0 Å². The lowest BCUT2D eigenvalue weighted by Crippen LogP contribution is -2.45. The summed E-state index contributed by atoms with van der Waals surface area (Å²) in [6.45, 7) is 2.80. The third-order valence-electron chi connectivity index (χ3n) is 3.16. The summed E-state index contributed by atoms with van der Waals surface area (Å²) in [6, 6.07) is 3.37. The third kappa shape index (κ3) is 10.9. The van der Waals surface area contributed by atoms with E-state index in [4.69, 9.17) is 0 Å². The van der Waals surface area contributed by atoms with Crippen molar-refractivity contribution >= 4 is 45.7 Å². The molecule has 0 spiro atoms. The summed E-state index contributed by atoms with van der Waals surface area (Å²) in [5, 5.41) is 8.95. The minimum atomic E-state index is -2.97.